The first-order valence-electron chi connectivity index (χ1n) is 5.21. The van der Waals surface area contributed by atoms with Gasteiger partial charge in [0, 0.05) is 17.6 Å². The summed E-state index contributed by atoms with van der Waals surface area (Å²) in [6.07, 6.45) is 1.18. The number of halogens is 1. The van der Waals surface area contributed by atoms with Gasteiger partial charge in [0.1, 0.15) is 0 Å². The van der Waals surface area contributed by atoms with Crippen molar-refractivity contribution in [3.05, 3.63) is 33.3 Å². The molecule has 1 aromatic rings. The number of aryl methyl sites for hydroxylation is 1. The van der Waals surface area contributed by atoms with Crippen LogP contribution in [0, 0.1) is 6.92 Å². The second-order valence-electron chi connectivity index (χ2n) is 4.00. The Kier molecular flexibility index (Phi) is 2.93. The van der Waals surface area contributed by atoms with Gasteiger partial charge in [-0.3, -0.25) is 4.90 Å². The zero-order chi connectivity index (χ0) is 10.1. The van der Waals surface area contributed by atoms with Gasteiger partial charge in [-0.2, -0.15) is 0 Å². The molecule has 0 saturated carbocycles. The van der Waals surface area contributed by atoms with Gasteiger partial charge in [0.15, 0.2) is 0 Å². The maximum absolute atomic E-state index is 3.66. The van der Waals surface area contributed by atoms with E-state index in [1.807, 2.05) is 0 Å². The Labute approximate surface area is 94.2 Å². The second-order valence-corrected chi connectivity index (χ2v) is 4.86. The SMILES string of the molecule is CCN1CCc2c(Br)cc(C)cc2C1. The van der Waals surface area contributed by atoms with Crippen molar-refractivity contribution in [2.45, 2.75) is 26.8 Å². The van der Waals surface area contributed by atoms with E-state index in [1.54, 1.807) is 0 Å². The first kappa shape index (κ1) is 10.2. The zero-order valence-corrected chi connectivity index (χ0v) is 10.4. The molecule has 0 unspecified atom stereocenters. The van der Waals surface area contributed by atoms with Crippen LogP contribution in [0.25, 0.3) is 0 Å². The van der Waals surface area contributed by atoms with Crippen molar-refractivity contribution < 1.29 is 0 Å². The number of benzene rings is 1. The van der Waals surface area contributed by atoms with Crippen LogP contribution < -0.4 is 0 Å². The van der Waals surface area contributed by atoms with E-state index in [2.05, 4.69) is 46.8 Å². The summed E-state index contributed by atoms with van der Waals surface area (Å²) in [5, 5.41) is 0. The summed E-state index contributed by atoms with van der Waals surface area (Å²) in [5.74, 6) is 0. The smallest absolute Gasteiger partial charge is 0.0236 e. The van der Waals surface area contributed by atoms with Gasteiger partial charge in [0.2, 0.25) is 0 Å². The Bertz CT molecular complexity index is 346. The number of hydrogen-bond donors (Lipinski definition) is 0. The maximum Gasteiger partial charge on any atom is 0.0236 e. The van der Waals surface area contributed by atoms with E-state index >= 15 is 0 Å². The summed E-state index contributed by atoms with van der Waals surface area (Å²) in [6.45, 7) is 7.87. The highest BCUT2D eigenvalue weighted by atomic mass is 79.9. The number of fused-ring (bicyclic) bond motifs is 1. The van der Waals surface area contributed by atoms with Crippen LogP contribution in [0.15, 0.2) is 16.6 Å². The van der Waals surface area contributed by atoms with Gasteiger partial charge in [0.05, 0.1) is 0 Å². The molecule has 76 valence electrons. The van der Waals surface area contributed by atoms with Crippen LogP contribution in [0.3, 0.4) is 0 Å². The lowest BCUT2D eigenvalue weighted by Gasteiger charge is -2.28. The third-order valence-electron chi connectivity index (χ3n) is 2.95. The van der Waals surface area contributed by atoms with E-state index < -0.39 is 0 Å². The normalized spacial score (nSPS) is 16.8. The van der Waals surface area contributed by atoms with E-state index in [1.165, 1.54) is 34.1 Å². The Hall–Kier alpha value is -0.340. The van der Waals surface area contributed by atoms with Crippen LogP contribution in [-0.2, 0) is 13.0 Å². The minimum Gasteiger partial charge on any atom is -0.299 e. The molecule has 2 rings (SSSR count). The molecule has 0 radical (unpaired) electrons. The van der Waals surface area contributed by atoms with Crippen LogP contribution in [0.4, 0.5) is 0 Å². The second kappa shape index (κ2) is 4.03. The number of likely N-dealkylation sites (N-methyl/N-ethyl adjacent to an activating group) is 1. The summed E-state index contributed by atoms with van der Waals surface area (Å²) in [7, 11) is 0. The highest BCUT2D eigenvalue weighted by Gasteiger charge is 2.16. The Balaban J connectivity index is 2.37. The highest BCUT2D eigenvalue weighted by Crippen LogP contribution is 2.27. The fraction of sp³-hybridized carbons (Fsp3) is 0.500. The third-order valence-corrected chi connectivity index (χ3v) is 3.66. The van der Waals surface area contributed by atoms with Crippen molar-refractivity contribution in [2.75, 3.05) is 13.1 Å². The first-order valence-corrected chi connectivity index (χ1v) is 6.00. The summed E-state index contributed by atoms with van der Waals surface area (Å²) < 4.78 is 1.29. The number of rotatable bonds is 1. The zero-order valence-electron chi connectivity index (χ0n) is 8.81. The average Bonchev–Trinajstić information content (AvgIpc) is 2.16. The van der Waals surface area contributed by atoms with E-state index in [4.69, 9.17) is 0 Å². The molecule has 2 heteroatoms. The molecule has 0 amide bonds. The van der Waals surface area contributed by atoms with Gasteiger partial charge < -0.3 is 0 Å². The molecule has 0 bridgehead atoms. The fourth-order valence-electron chi connectivity index (χ4n) is 2.12. The molecule has 0 spiro atoms. The lowest BCUT2D eigenvalue weighted by Crippen LogP contribution is -2.30. The molecule has 1 aliphatic heterocycles. The molecule has 0 aromatic heterocycles. The Morgan fingerprint density at radius 1 is 1.43 bits per heavy atom. The standard InChI is InChI=1S/C12H16BrN/c1-3-14-5-4-11-10(8-14)6-9(2)7-12(11)13/h6-7H,3-5,8H2,1-2H3. The van der Waals surface area contributed by atoms with Crippen molar-refractivity contribution in [3.63, 3.8) is 0 Å². The van der Waals surface area contributed by atoms with Crippen LogP contribution in [0.1, 0.15) is 23.6 Å². The Morgan fingerprint density at radius 2 is 2.21 bits per heavy atom. The van der Waals surface area contributed by atoms with E-state index in [0.717, 1.165) is 13.1 Å². The third kappa shape index (κ3) is 1.86. The van der Waals surface area contributed by atoms with Crippen molar-refractivity contribution in [1.29, 1.82) is 0 Å². The molecule has 0 fully saturated rings. The maximum atomic E-state index is 3.66. The molecule has 1 aromatic carbocycles. The molecule has 0 saturated heterocycles. The van der Waals surface area contributed by atoms with Crippen molar-refractivity contribution in [3.8, 4) is 0 Å². The summed E-state index contributed by atoms with van der Waals surface area (Å²) in [5.41, 5.74) is 4.37. The van der Waals surface area contributed by atoms with Gasteiger partial charge in [-0.1, -0.05) is 28.9 Å². The highest BCUT2D eigenvalue weighted by molar-refractivity contribution is 9.10. The average molecular weight is 254 g/mol. The van der Waals surface area contributed by atoms with E-state index in [-0.39, 0.29) is 0 Å². The van der Waals surface area contributed by atoms with Crippen LogP contribution in [0.5, 0.6) is 0 Å². The van der Waals surface area contributed by atoms with Gasteiger partial charge in [-0.25, -0.2) is 0 Å². The predicted octanol–water partition coefficient (Wildman–Crippen LogP) is 3.14. The molecular weight excluding hydrogens is 238 g/mol. The first-order chi connectivity index (χ1) is 6.70. The van der Waals surface area contributed by atoms with Crippen LogP contribution in [-0.4, -0.2) is 18.0 Å². The van der Waals surface area contributed by atoms with Crippen LogP contribution in [0.2, 0.25) is 0 Å². The molecule has 0 aliphatic carbocycles. The minimum absolute atomic E-state index is 1.12. The lowest BCUT2D eigenvalue weighted by molar-refractivity contribution is 0.267. The van der Waals surface area contributed by atoms with Gasteiger partial charge in [-0.15, -0.1) is 0 Å². The minimum atomic E-state index is 1.12. The fourth-order valence-corrected chi connectivity index (χ4v) is 2.94. The summed E-state index contributed by atoms with van der Waals surface area (Å²) >= 11 is 3.66. The van der Waals surface area contributed by atoms with E-state index in [0.29, 0.717) is 0 Å². The molecular formula is C12H16BrN. The van der Waals surface area contributed by atoms with E-state index in [9.17, 15) is 0 Å². The molecule has 0 atom stereocenters. The van der Waals surface area contributed by atoms with Gasteiger partial charge in [-0.05, 0) is 42.6 Å². The molecule has 1 nitrogen and oxygen atoms in total. The van der Waals surface area contributed by atoms with Crippen molar-refractivity contribution >= 4 is 15.9 Å². The molecule has 1 heterocycles. The molecule has 14 heavy (non-hydrogen) atoms. The molecule has 0 N–H and O–H groups in total. The molecule has 1 aliphatic rings. The van der Waals surface area contributed by atoms with Gasteiger partial charge in [0.25, 0.3) is 0 Å². The van der Waals surface area contributed by atoms with Crippen molar-refractivity contribution in [2.24, 2.45) is 0 Å². The summed E-state index contributed by atoms with van der Waals surface area (Å²) in [6, 6.07) is 4.54. The lowest BCUT2D eigenvalue weighted by atomic mass is 9.98. The topological polar surface area (TPSA) is 3.24 Å². The monoisotopic (exact) mass is 253 g/mol. The van der Waals surface area contributed by atoms with Crippen molar-refractivity contribution in [1.82, 2.24) is 4.90 Å². The quantitative estimate of drug-likeness (QED) is 0.744. The largest absolute Gasteiger partial charge is 0.299 e. The number of hydrogen-bond acceptors (Lipinski definition) is 1. The Morgan fingerprint density at radius 3 is 2.93 bits per heavy atom. The summed E-state index contributed by atoms with van der Waals surface area (Å²) in [4.78, 5) is 2.49. The number of nitrogens with zero attached hydrogens (tertiary/aromatic N) is 1. The predicted molar refractivity (Wildman–Crippen MR) is 63.5 cm³/mol. The van der Waals surface area contributed by atoms with Gasteiger partial charge >= 0.3 is 0 Å². The van der Waals surface area contributed by atoms with Crippen LogP contribution >= 0.6 is 15.9 Å².